The van der Waals surface area contributed by atoms with E-state index in [0.717, 1.165) is 25.9 Å². The number of halogens is 4. The van der Waals surface area contributed by atoms with Crippen molar-refractivity contribution in [3.8, 4) is 0 Å². The molecule has 1 unspecified atom stereocenters. The minimum Gasteiger partial charge on any atom is -0.371 e. The van der Waals surface area contributed by atoms with E-state index in [1.807, 2.05) is 4.90 Å². The van der Waals surface area contributed by atoms with Crippen LogP contribution in [0.1, 0.15) is 30.9 Å². The Morgan fingerprint density at radius 1 is 1.37 bits per heavy atom. The highest BCUT2D eigenvalue weighted by molar-refractivity contribution is 6.17. The van der Waals surface area contributed by atoms with Crippen molar-refractivity contribution in [3.63, 3.8) is 0 Å². The summed E-state index contributed by atoms with van der Waals surface area (Å²) in [6, 6.07) is 4.46. The van der Waals surface area contributed by atoms with E-state index in [2.05, 4.69) is 6.92 Å². The van der Waals surface area contributed by atoms with Crippen molar-refractivity contribution >= 4 is 17.3 Å². The van der Waals surface area contributed by atoms with Gasteiger partial charge in [-0.3, -0.25) is 0 Å². The van der Waals surface area contributed by atoms with Gasteiger partial charge in [-0.05, 0) is 30.0 Å². The molecule has 0 saturated carbocycles. The van der Waals surface area contributed by atoms with Crippen LogP contribution >= 0.6 is 11.6 Å². The molecule has 1 aliphatic heterocycles. The van der Waals surface area contributed by atoms with Gasteiger partial charge in [-0.25, -0.2) is 0 Å². The Hall–Kier alpha value is -0.900. The fourth-order valence-electron chi connectivity index (χ4n) is 2.54. The van der Waals surface area contributed by atoms with Gasteiger partial charge in [0, 0.05) is 24.7 Å². The first-order chi connectivity index (χ1) is 8.95. The van der Waals surface area contributed by atoms with Crippen molar-refractivity contribution in [1.29, 1.82) is 0 Å². The number of hydrogen-bond donors (Lipinski definition) is 0. The third-order valence-electron chi connectivity index (χ3n) is 3.77. The molecule has 1 aliphatic rings. The van der Waals surface area contributed by atoms with E-state index in [9.17, 15) is 13.2 Å². The molecule has 0 aromatic heterocycles. The SMILES string of the molecule is CCC1CCN(c2ccc(CCl)c(C(F)(F)F)c2)C1. The third-order valence-corrected chi connectivity index (χ3v) is 4.06. The Morgan fingerprint density at radius 2 is 2.11 bits per heavy atom. The van der Waals surface area contributed by atoms with Gasteiger partial charge < -0.3 is 4.90 Å². The van der Waals surface area contributed by atoms with Crippen molar-refractivity contribution in [2.75, 3.05) is 18.0 Å². The number of anilines is 1. The van der Waals surface area contributed by atoms with E-state index in [-0.39, 0.29) is 11.4 Å². The highest BCUT2D eigenvalue weighted by Gasteiger charge is 2.34. The normalized spacial score (nSPS) is 20.1. The first-order valence-corrected chi connectivity index (χ1v) is 7.00. The maximum atomic E-state index is 13.0. The first-order valence-electron chi connectivity index (χ1n) is 6.46. The fraction of sp³-hybridized carbons (Fsp3) is 0.571. The summed E-state index contributed by atoms with van der Waals surface area (Å²) in [6.45, 7) is 3.79. The number of alkyl halides is 4. The first kappa shape index (κ1) is 14.5. The molecule has 1 saturated heterocycles. The van der Waals surface area contributed by atoms with Crippen LogP contribution in [0.15, 0.2) is 18.2 Å². The van der Waals surface area contributed by atoms with Crippen LogP contribution in [0.3, 0.4) is 0 Å². The molecule has 5 heteroatoms. The lowest BCUT2D eigenvalue weighted by molar-refractivity contribution is -0.138. The number of rotatable bonds is 3. The smallest absolute Gasteiger partial charge is 0.371 e. The predicted molar refractivity (Wildman–Crippen MR) is 71.6 cm³/mol. The molecule has 1 atom stereocenters. The molecule has 19 heavy (non-hydrogen) atoms. The lowest BCUT2D eigenvalue weighted by Crippen LogP contribution is -2.20. The molecule has 1 nitrogen and oxygen atoms in total. The summed E-state index contributed by atoms with van der Waals surface area (Å²) in [6.07, 6.45) is -2.22. The summed E-state index contributed by atoms with van der Waals surface area (Å²) >= 11 is 5.58. The number of hydrogen-bond acceptors (Lipinski definition) is 1. The summed E-state index contributed by atoms with van der Waals surface area (Å²) in [7, 11) is 0. The molecule has 0 radical (unpaired) electrons. The highest BCUT2D eigenvalue weighted by Crippen LogP contribution is 2.36. The maximum Gasteiger partial charge on any atom is 0.416 e. The topological polar surface area (TPSA) is 3.24 Å². The second kappa shape index (κ2) is 5.61. The van der Waals surface area contributed by atoms with Gasteiger partial charge in [-0.1, -0.05) is 19.4 Å². The average Bonchev–Trinajstić information content (AvgIpc) is 2.85. The van der Waals surface area contributed by atoms with E-state index < -0.39 is 11.7 Å². The largest absolute Gasteiger partial charge is 0.416 e. The van der Waals surface area contributed by atoms with Crippen molar-refractivity contribution in [3.05, 3.63) is 29.3 Å². The number of nitrogens with zero attached hydrogens (tertiary/aromatic N) is 1. The second-order valence-electron chi connectivity index (χ2n) is 4.98. The van der Waals surface area contributed by atoms with Crippen molar-refractivity contribution in [2.24, 2.45) is 5.92 Å². The van der Waals surface area contributed by atoms with Crippen LogP contribution in [-0.2, 0) is 12.1 Å². The van der Waals surface area contributed by atoms with Crippen LogP contribution in [0.5, 0.6) is 0 Å². The van der Waals surface area contributed by atoms with Crippen LogP contribution in [0, 0.1) is 5.92 Å². The lowest BCUT2D eigenvalue weighted by atomic mass is 10.1. The van der Waals surface area contributed by atoms with Crippen molar-refractivity contribution < 1.29 is 13.2 Å². The summed E-state index contributed by atoms with van der Waals surface area (Å²) in [5.41, 5.74) is 0.182. The molecule has 1 heterocycles. The van der Waals surface area contributed by atoms with Gasteiger partial charge >= 0.3 is 6.18 Å². The van der Waals surface area contributed by atoms with Gasteiger partial charge in [0.2, 0.25) is 0 Å². The zero-order valence-electron chi connectivity index (χ0n) is 10.8. The van der Waals surface area contributed by atoms with E-state index in [4.69, 9.17) is 11.6 Å². The molecule has 1 aromatic carbocycles. The highest BCUT2D eigenvalue weighted by atomic mass is 35.5. The minimum absolute atomic E-state index is 0.118. The summed E-state index contributed by atoms with van der Waals surface area (Å²) < 4.78 is 38.9. The predicted octanol–water partition coefficient (Wildman–Crippen LogP) is 4.68. The van der Waals surface area contributed by atoms with E-state index in [1.54, 1.807) is 6.07 Å². The Bertz CT molecular complexity index is 445. The molecule has 0 aliphatic carbocycles. The van der Waals surface area contributed by atoms with Crippen molar-refractivity contribution in [1.82, 2.24) is 0 Å². The molecule has 0 bridgehead atoms. The van der Waals surface area contributed by atoms with E-state index >= 15 is 0 Å². The van der Waals surface area contributed by atoms with Gasteiger partial charge in [0.05, 0.1) is 5.56 Å². The Labute approximate surface area is 116 Å². The van der Waals surface area contributed by atoms with Gasteiger partial charge in [-0.15, -0.1) is 11.6 Å². The summed E-state index contributed by atoms with van der Waals surface area (Å²) in [5.74, 6) is 0.467. The molecule has 1 fully saturated rings. The van der Waals surface area contributed by atoms with Crippen LogP contribution in [0.4, 0.5) is 18.9 Å². The molecule has 1 aromatic rings. The minimum atomic E-state index is -4.34. The second-order valence-corrected chi connectivity index (χ2v) is 5.25. The maximum absolute atomic E-state index is 13.0. The lowest BCUT2D eigenvalue weighted by Gasteiger charge is -2.21. The van der Waals surface area contributed by atoms with Gasteiger partial charge in [0.15, 0.2) is 0 Å². The van der Waals surface area contributed by atoms with Crippen LogP contribution in [0.2, 0.25) is 0 Å². The zero-order valence-corrected chi connectivity index (χ0v) is 11.6. The van der Waals surface area contributed by atoms with Gasteiger partial charge in [0.25, 0.3) is 0 Å². The van der Waals surface area contributed by atoms with E-state index in [0.29, 0.717) is 11.6 Å². The molecular weight excluding hydrogens is 275 g/mol. The molecule has 106 valence electrons. The molecule has 2 rings (SSSR count). The standard InChI is InChI=1S/C14H17ClF3N/c1-2-10-5-6-19(9-10)12-4-3-11(8-15)13(7-12)14(16,17)18/h3-4,7,10H,2,5-6,8-9H2,1H3. The molecular formula is C14H17ClF3N. The monoisotopic (exact) mass is 291 g/mol. The summed E-state index contributed by atoms with van der Waals surface area (Å²) in [4.78, 5) is 2.03. The Morgan fingerprint density at radius 3 is 2.63 bits per heavy atom. The Balaban J connectivity index is 2.28. The fourth-order valence-corrected chi connectivity index (χ4v) is 2.77. The van der Waals surface area contributed by atoms with Crippen LogP contribution in [0.25, 0.3) is 0 Å². The van der Waals surface area contributed by atoms with Gasteiger partial charge in [-0.2, -0.15) is 13.2 Å². The van der Waals surface area contributed by atoms with E-state index in [1.165, 1.54) is 12.1 Å². The van der Waals surface area contributed by atoms with Crippen molar-refractivity contribution in [2.45, 2.75) is 31.8 Å². The van der Waals surface area contributed by atoms with Crippen LogP contribution in [-0.4, -0.2) is 13.1 Å². The average molecular weight is 292 g/mol. The molecule has 0 amide bonds. The van der Waals surface area contributed by atoms with Crippen LogP contribution < -0.4 is 4.90 Å². The summed E-state index contributed by atoms with van der Waals surface area (Å²) in [5, 5.41) is 0. The number of benzene rings is 1. The molecule has 0 N–H and O–H groups in total. The van der Waals surface area contributed by atoms with Gasteiger partial charge in [0.1, 0.15) is 0 Å². The molecule has 0 spiro atoms. The Kier molecular flexibility index (Phi) is 4.29. The zero-order chi connectivity index (χ0) is 14.0. The quantitative estimate of drug-likeness (QED) is 0.731. The third kappa shape index (κ3) is 3.16.